The molecule has 0 aromatic heterocycles. The molecular weight excluding hydrogens is 224 g/mol. The molecule has 0 heterocycles. The van der Waals surface area contributed by atoms with E-state index in [0.29, 0.717) is 18.7 Å². The van der Waals surface area contributed by atoms with E-state index in [1.54, 1.807) is 4.90 Å². The first kappa shape index (κ1) is 14.2. The van der Waals surface area contributed by atoms with Gasteiger partial charge in [0.05, 0.1) is 12.0 Å². The molecule has 1 atom stereocenters. The number of benzene rings is 1. The van der Waals surface area contributed by atoms with E-state index in [1.165, 1.54) is 0 Å². The molecule has 0 fully saturated rings. The van der Waals surface area contributed by atoms with Gasteiger partial charge in [0.15, 0.2) is 0 Å². The van der Waals surface area contributed by atoms with Gasteiger partial charge in [0.1, 0.15) is 0 Å². The van der Waals surface area contributed by atoms with Gasteiger partial charge in [-0.05, 0) is 39.8 Å². The molecule has 0 saturated carbocycles. The van der Waals surface area contributed by atoms with Gasteiger partial charge in [0, 0.05) is 18.7 Å². The van der Waals surface area contributed by atoms with Crippen LogP contribution in [0.2, 0.25) is 0 Å². The highest BCUT2D eigenvalue weighted by Crippen LogP contribution is 2.12. The van der Waals surface area contributed by atoms with Crippen LogP contribution in [0.4, 0.5) is 0 Å². The van der Waals surface area contributed by atoms with Gasteiger partial charge in [-0.1, -0.05) is 17.2 Å². The number of hydrogen-bond donors (Lipinski definition) is 0. The second kappa shape index (κ2) is 6.20. The smallest absolute Gasteiger partial charge is 0.253 e. The van der Waals surface area contributed by atoms with Crippen LogP contribution in [0.25, 0.3) is 0 Å². The molecule has 3 heteroatoms. The fourth-order valence-electron chi connectivity index (χ4n) is 2.01. The molecule has 1 aromatic carbocycles. The van der Waals surface area contributed by atoms with Gasteiger partial charge in [-0.25, -0.2) is 0 Å². The van der Waals surface area contributed by atoms with Gasteiger partial charge in [0.25, 0.3) is 5.91 Å². The SMILES string of the molecule is CCN(CC(C)C#N)C(=O)c1cc(C)cc(C)c1. The van der Waals surface area contributed by atoms with Crippen molar-refractivity contribution >= 4 is 5.91 Å². The van der Waals surface area contributed by atoms with Crippen molar-refractivity contribution in [3.8, 4) is 6.07 Å². The second-order valence-electron chi connectivity index (χ2n) is 4.75. The molecule has 0 aliphatic carbocycles. The van der Waals surface area contributed by atoms with Crippen molar-refractivity contribution in [3.05, 3.63) is 34.9 Å². The van der Waals surface area contributed by atoms with E-state index in [2.05, 4.69) is 6.07 Å². The number of carbonyl (C=O) groups excluding carboxylic acids is 1. The van der Waals surface area contributed by atoms with Gasteiger partial charge in [-0.3, -0.25) is 4.79 Å². The quantitative estimate of drug-likeness (QED) is 0.817. The van der Waals surface area contributed by atoms with Crippen LogP contribution in [0.1, 0.15) is 35.3 Å². The summed E-state index contributed by atoms with van der Waals surface area (Å²) in [6, 6.07) is 8.01. The summed E-state index contributed by atoms with van der Waals surface area (Å²) < 4.78 is 0. The van der Waals surface area contributed by atoms with Crippen LogP contribution in [-0.2, 0) is 0 Å². The molecule has 0 N–H and O–H groups in total. The van der Waals surface area contributed by atoms with E-state index >= 15 is 0 Å². The van der Waals surface area contributed by atoms with E-state index in [1.807, 2.05) is 45.9 Å². The highest BCUT2D eigenvalue weighted by Gasteiger charge is 2.16. The largest absolute Gasteiger partial charge is 0.338 e. The number of aryl methyl sites for hydroxylation is 2. The number of nitriles is 1. The number of hydrogen-bond acceptors (Lipinski definition) is 2. The van der Waals surface area contributed by atoms with E-state index in [9.17, 15) is 4.79 Å². The summed E-state index contributed by atoms with van der Waals surface area (Å²) >= 11 is 0. The minimum absolute atomic E-state index is 0.00593. The minimum Gasteiger partial charge on any atom is -0.338 e. The fraction of sp³-hybridized carbons (Fsp3) is 0.467. The lowest BCUT2D eigenvalue weighted by Crippen LogP contribution is -2.34. The van der Waals surface area contributed by atoms with Crippen LogP contribution in [0.3, 0.4) is 0 Å². The standard InChI is InChI=1S/C15H20N2O/c1-5-17(10-13(4)9-16)15(18)14-7-11(2)6-12(3)8-14/h6-8,13H,5,10H2,1-4H3. The van der Waals surface area contributed by atoms with Crippen LogP contribution in [0.5, 0.6) is 0 Å². The number of carbonyl (C=O) groups is 1. The van der Waals surface area contributed by atoms with Crippen molar-refractivity contribution in [2.45, 2.75) is 27.7 Å². The van der Waals surface area contributed by atoms with Crippen LogP contribution < -0.4 is 0 Å². The number of nitrogens with zero attached hydrogens (tertiary/aromatic N) is 2. The predicted molar refractivity (Wildman–Crippen MR) is 72.3 cm³/mol. The molecular formula is C15H20N2O. The van der Waals surface area contributed by atoms with Crippen LogP contribution in [0.15, 0.2) is 18.2 Å². The molecule has 0 saturated heterocycles. The topological polar surface area (TPSA) is 44.1 Å². The van der Waals surface area contributed by atoms with Crippen molar-refractivity contribution in [3.63, 3.8) is 0 Å². The van der Waals surface area contributed by atoms with Crippen LogP contribution in [0, 0.1) is 31.1 Å². The fourth-order valence-corrected chi connectivity index (χ4v) is 2.01. The van der Waals surface area contributed by atoms with Crippen molar-refractivity contribution in [2.24, 2.45) is 5.92 Å². The van der Waals surface area contributed by atoms with Gasteiger partial charge in [-0.15, -0.1) is 0 Å². The normalized spacial score (nSPS) is 11.7. The van der Waals surface area contributed by atoms with Crippen molar-refractivity contribution in [1.29, 1.82) is 5.26 Å². The van der Waals surface area contributed by atoms with Gasteiger partial charge < -0.3 is 4.90 Å². The minimum atomic E-state index is -0.139. The lowest BCUT2D eigenvalue weighted by molar-refractivity contribution is 0.0752. The first-order valence-electron chi connectivity index (χ1n) is 6.25. The Balaban J connectivity index is 2.93. The summed E-state index contributed by atoms with van der Waals surface area (Å²) in [6.45, 7) is 8.84. The number of amides is 1. The first-order valence-corrected chi connectivity index (χ1v) is 6.25. The third kappa shape index (κ3) is 3.59. The predicted octanol–water partition coefficient (Wildman–Crippen LogP) is 2.93. The summed E-state index contributed by atoms with van der Waals surface area (Å²) in [5, 5.41) is 8.83. The van der Waals surface area contributed by atoms with Crippen molar-refractivity contribution < 1.29 is 4.79 Å². The first-order chi connectivity index (χ1) is 8.47. The van der Waals surface area contributed by atoms with Crippen LogP contribution >= 0.6 is 0 Å². The molecule has 3 nitrogen and oxygen atoms in total. The Bertz CT molecular complexity index is 454. The highest BCUT2D eigenvalue weighted by atomic mass is 16.2. The maximum atomic E-state index is 12.3. The summed E-state index contributed by atoms with van der Waals surface area (Å²) in [5.41, 5.74) is 2.88. The van der Waals surface area contributed by atoms with Crippen molar-refractivity contribution in [1.82, 2.24) is 4.90 Å². The maximum absolute atomic E-state index is 12.3. The lowest BCUT2D eigenvalue weighted by Gasteiger charge is -2.22. The molecule has 18 heavy (non-hydrogen) atoms. The molecule has 1 rings (SSSR count). The Morgan fingerprint density at radius 3 is 2.33 bits per heavy atom. The zero-order valence-electron chi connectivity index (χ0n) is 11.5. The van der Waals surface area contributed by atoms with Gasteiger partial charge in [-0.2, -0.15) is 5.26 Å². The Labute approximate surface area is 109 Å². The zero-order chi connectivity index (χ0) is 13.7. The molecule has 0 bridgehead atoms. The van der Waals surface area contributed by atoms with Gasteiger partial charge >= 0.3 is 0 Å². The third-order valence-corrected chi connectivity index (χ3v) is 2.85. The van der Waals surface area contributed by atoms with Gasteiger partial charge in [0.2, 0.25) is 0 Å². The molecule has 0 radical (unpaired) electrons. The Morgan fingerprint density at radius 2 is 1.89 bits per heavy atom. The Hall–Kier alpha value is -1.82. The monoisotopic (exact) mass is 244 g/mol. The summed E-state index contributed by atoms with van der Waals surface area (Å²) in [7, 11) is 0. The third-order valence-electron chi connectivity index (χ3n) is 2.85. The summed E-state index contributed by atoms with van der Waals surface area (Å²) in [6.07, 6.45) is 0. The van der Waals surface area contributed by atoms with E-state index in [-0.39, 0.29) is 11.8 Å². The van der Waals surface area contributed by atoms with E-state index < -0.39 is 0 Å². The van der Waals surface area contributed by atoms with Crippen LogP contribution in [-0.4, -0.2) is 23.9 Å². The maximum Gasteiger partial charge on any atom is 0.253 e. The second-order valence-corrected chi connectivity index (χ2v) is 4.75. The average molecular weight is 244 g/mol. The van der Waals surface area contributed by atoms with E-state index in [0.717, 1.165) is 11.1 Å². The highest BCUT2D eigenvalue weighted by molar-refractivity contribution is 5.94. The molecule has 0 spiro atoms. The summed E-state index contributed by atoms with van der Waals surface area (Å²) in [5.74, 6) is -0.133. The molecule has 1 unspecified atom stereocenters. The van der Waals surface area contributed by atoms with Crippen molar-refractivity contribution in [2.75, 3.05) is 13.1 Å². The lowest BCUT2D eigenvalue weighted by atomic mass is 10.1. The number of rotatable bonds is 4. The van der Waals surface area contributed by atoms with E-state index in [4.69, 9.17) is 5.26 Å². The average Bonchev–Trinajstić information content (AvgIpc) is 2.33. The Morgan fingerprint density at radius 1 is 1.33 bits per heavy atom. The molecule has 1 aromatic rings. The molecule has 0 aliphatic rings. The Kier molecular flexibility index (Phi) is 4.91. The summed E-state index contributed by atoms with van der Waals surface area (Å²) in [4.78, 5) is 14.1. The molecule has 96 valence electrons. The molecule has 0 aliphatic heterocycles. The molecule has 1 amide bonds. The zero-order valence-corrected chi connectivity index (χ0v) is 11.5.